The highest BCUT2D eigenvalue weighted by Crippen LogP contribution is 2.17. The Kier molecular flexibility index (Phi) is 3.81. The van der Waals surface area contributed by atoms with E-state index in [2.05, 4.69) is 37.8 Å². The number of benzene rings is 1. The van der Waals surface area contributed by atoms with E-state index in [-0.39, 0.29) is 0 Å². The molecule has 21 heavy (non-hydrogen) atoms. The first kappa shape index (κ1) is 13.5. The summed E-state index contributed by atoms with van der Waals surface area (Å²) < 4.78 is 2.21. The van der Waals surface area contributed by atoms with Crippen molar-refractivity contribution in [3.8, 4) is 0 Å². The third-order valence-corrected chi connectivity index (χ3v) is 3.43. The molecule has 3 rings (SSSR count). The Morgan fingerprint density at radius 2 is 1.95 bits per heavy atom. The Hall–Kier alpha value is -2.43. The zero-order valence-corrected chi connectivity index (χ0v) is 12.4. The fourth-order valence-electron chi connectivity index (χ4n) is 2.44. The molecule has 3 aromatic rings. The molecule has 0 saturated heterocycles. The van der Waals surface area contributed by atoms with Gasteiger partial charge >= 0.3 is 0 Å². The minimum atomic E-state index is 0.698. The van der Waals surface area contributed by atoms with E-state index < -0.39 is 0 Å². The van der Waals surface area contributed by atoms with Gasteiger partial charge in [-0.3, -0.25) is 4.98 Å². The second-order valence-corrected chi connectivity index (χ2v) is 4.88. The second-order valence-electron chi connectivity index (χ2n) is 4.88. The fraction of sp³-hybridized carbons (Fsp3) is 0.312. The molecule has 2 heterocycles. The molecule has 0 aliphatic carbocycles. The lowest BCUT2D eigenvalue weighted by molar-refractivity contribution is 0.732. The van der Waals surface area contributed by atoms with Crippen LogP contribution in [-0.2, 0) is 13.0 Å². The molecule has 5 nitrogen and oxygen atoms in total. The number of imidazole rings is 1. The minimum Gasteiger partial charge on any atom is -0.369 e. The molecule has 0 radical (unpaired) electrons. The van der Waals surface area contributed by atoms with Crippen LogP contribution in [0.2, 0.25) is 0 Å². The molecule has 0 bridgehead atoms. The van der Waals surface area contributed by atoms with Gasteiger partial charge in [0.15, 0.2) is 0 Å². The van der Waals surface area contributed by atoms with Gasteiger partial charge in [0, 0.05) is 13.0 Å². The third-order valence-electron chi connectivity index (χ3n) is 3.43. The highest BCUT2D eigenvalue weighted by atomic mass is 15.1. The number of rotatable bonds is 5. The molecule has 0 aliphatic rings. The number of aryl methyl sites for hydroxylation is 1. The van der Waals surface area contributed by atoms with Crippen LogP contribution in [0, 0.1) is 0 Å². The van der Waals surface area contributed by atoms with Crippen LogP contribution in [-0.4, -0.2) is 26.1 Å². The van der Waals surface area contributed by atoms with Crippen molar-refractivity contribution in [2.45, 2.75) is 26.8 Å². The second kappa shape index (κ2) is 5.91. The molecular formula is C16H19N5. The van der Waals surface area contributed by atoms with Crippen molar-refractivity contribution in [3.05, 3.63) is 48.2 Å². The number of nitrogens with one attached hydrogen (secondary N) is 1. The van der Waals surface area contributed by atoms with Crippen molar-refractivity contribution >= 4 is 16.9 Å². The number of anilines is 1. The monoisotopic (exact) mass is 281 g/mol. The highest BCUT2D eigenvalue weighted by molar-refractivity contribution is 5.76. The summed E-state index contributed by atoms with van der Waals surface area (Å²) in [6.45, 7) is 5.71. The van der Waals surface area contributed by atoms with Crippen LogP contribution in [0.4, 0.5) is 5.82 Å². The van der Waals surface area contributed by atoms with Crippen LogP contribution in [0.25, 0.3) is 11.0 Å². The molecule has 108 valence electrons. The zero-order chi connectivity index (χ0) is 14.7. The predicted molar refractivity (Wildman–Crippen MR) is 84.4 cm³/mol. The van der Waals surface area contributed by atoms with E-state index in [9.17, 15) is 0 Å². The molecule has 0 atom stereocenters. The molecule has 0 fully saturated rings. The Morgan fingerprint density at radius 3 is 2.67 bits per heavy atom. The first-order chi connectivity index (χ1) is 10.3. The van der Waals surface area contributed by atoms with Gasteiger partial charge in [0.1, 0.15) is 11.6 Å². The van der Waals surface area contributed by atoms with Gasteiger partial charge in [-0.05, 0) is 19.1 Å². The normalized spacial score (nSPS) is 11.0. The number of para-hydroxylation sites is 2. The summed E-state index contributed by atoms with van der Waals surface area (Å²) in [5.41, 5.74) is 3.12. The van der Waals surface area contributed by atoms with Crippen molar-refractivity contribution in [3.63, 3.8) is 0 Å². The van der Waals surface area contributed by atoms with E-state index in [4.69, 9.17) is 0 Å². The van der Waals surface area contributed by atoms with E-state index in [0.29, 0.717) is 6.54 Å². The van der Waals surface area contributed by atoms with Crippen LogP contribution < -0.4 is 5.32 Å². The molecule has 2 aromatic heterocycles. The van der Waals surface area contributed by atoms with Crippen molar-refractivity contribution in [2.24, 2.45) is 0 Å². The fourth-order valence-corrected chi connectivity index (χ4v) is 2.44. The summed E-state index contributed by atoms with van der Waals surface area (Å²) in [5.74, 6) is 1.89. The Morgan fingerprint density at radius 1 is 1.10 bits per heavy atom. The lowest BCUT2D eigenvalue weighted by Crippen LogP contribution is -2.07. The van der Waals surface area contributed by atoms with Crippen LogP contribution >= 0.6 is 0 Å². The van der Waals surface area contributed by atoms with Gasteiger partial charge in [0.2, 0.25) is 0 Å². The average Bonchev–Trinajstić information content (AvgIpc) is 2.87. The molecule has 0 saturated carbocycles. The summed E-state index contributed by atoms with van der Waals surface area (Å²) in [4.78, 5) is 13.5. The Balaban J connectivity index is 1.93. The van der Waals surface area contributed by atoms with Crippen molar-refractivity contribution in [1.29, 1.82) is 0 Å². The maximum atomic E-state index is 4.68. The molecule has 5 heteroatoms. The van der Waals surface area contributed by atoms with Crippen LogP contribution in [0.15, 0.2) is 36.7 Å². The van der Waals surface area contributed by atoms with Gasteiger partial charge in [-0.15, -0.1) is 0 Å². The topological polar surface area (TPSA) is 55.6 Å². The highest BCUT2D eigenvalue weighted by Gasteiger charge is 2.09. The van der Waals surface area contributed by atoms with Gasteiger partial charge in [-0.1, -0.05) is 19.1 Å². The Labute approximate surface area is 124 Å². The van der Waals surface area contributed by atoms with Crippen LogP contribution in [0.5, 0.6) is 0 Å². The third kappa shape index (κ3) is 2.72. The first-order valence-corrected chi connectivity index (χ1v) is 7.30. The largest absolute Gasteiger partial charge is 0.369 e. The van der Waals surface area contributed by atoms with Crippen LogP contribution in [0.1, 0.15) is 25.4 Å². The summed E-state index contributed by atoms with van der Waals surface area (Å²) in [6, 6.07) is 8.21. The summed E-state index contributed by atoms with van der Waals surface area (Å²) in [6.07, 6.45) is 4.51. The number of hydrogen-bond acceptors (Lipinski definition) is 4. The minimum absolute atomic E-state index is 0.698. The lowest BCUT2D eigenvalue weighted by atomic mass is 10.3. The van der Waals surface area contributed by atoms with Gasteiger partial charge in [0.25, 0.3) is 0 Å². The lowest BCUT2D eigenvalue weighted by Gasteiger charge is -2.08. The summed E-state index contributed by atoms with van der Waals surface area (Å²) >= 11 is 0. The van der Waals surface area contributed by atoms with Gasteiger partial charge in [-0.2, -0.15) is 0 Å². The van der Waals surface area contributed by atoms with E-state index in [1.165, 1.54) is 0 Å². The molecule has 1 aromatic carbocycles. The first-order valence-electron chi connectivity index (χ1n) is 7.30. The quantitative estimate of drug-likeness (QED) is 0.781. The molecule has 0 amide bonds. The predicted octanol–water partition coefficient (Wildman–Crippen LogP) is 2.87. The maximum absolute atomic E-state index is 4.68. The van der Waals surface area contributed by atoms with Gasteiger partial charge in [-0.25, -0.2) is 9.97 Å². The summed E-state index contributed by atoms with van der Waals surface area (Å²) in [5, 5.41) is 3.15. The van der Waals surface area contributed by atoms with E-state index in [1.807, 2.05) is 31.3 Å². The number of fused-ring (bicyclic) bond motifs is 1. The van der Waals surface area contributed by atoms with Crippen molar-refractivity contribution < 1.29 is 0 Å². The van der Waals surface area contributed by atoms with Gasteiger partial charge < -0.3 is 9.88 Å². The zero-order valence-electron chi connectivity index (χ0n) is 12.4. The Bertz CT molecular complexity index is 730. The molecule has 1 N–H and O–H groups in total. The molecule has 0 spiro atoms. The number of nitrogens with zero attached hydrogens (tertiary/aromatic N) is 4. The smallest absolute Gasteiger partial charge is 0.144 e. The van der Waals surface area contributed by atoms with Crippen LogP contribution in [0.3, 0.4) is 0 Å². The molecule has 0 aliphatic heterocycles. The maximum Gasteiger partial charge on any atom is 0.144 e. The average molecular weight is 281 g/mol. The van der Waals surface area contributed by atoms with Gasteiger partial charge in [0.05, 0.1) is 35.7 Å². The SMILES string of the molecule is CCNc1cnc(Cn2c(CC)nc3ccccc32)cn1. The van der Waals surface area contributed by atoms with Crippen molar-refractivity contribution in [2.75, 3.05) is 11.9 Å². The number of hydrogen-bond donors (Lipinski definition) is 1. The summed E-state index contributed by atoms with van der Waals surface area (Å²) in [7, 11) is 0. The van der Waals surface area contributed by atoms with Crippen molar-refractivity contribution in [1.82, 2.24) is 19.5 Å². The molecule has 0 unspecified atom stereocenters. The van der Waals surface area contributed by atoms with E-state index in [1.54, 1.807) is 6.20 Å². The van der Waals surface area contributed by atoms with E-state index in [0.717, 1.165) is 41.3 Å². The van der Waals surface area contributed by atoms with E-state index >= 15 is 0 Å². The molecular weight excluding hydrogens is 262 g/mol. The number of aromatic nitrogens is 4. The standard InChI is InChI=1S/C16H19N5/c1-3-16-20-13-7-5-6-8-14(13)21(16)11-12-9-19-15(10-18-12)17-4-2/h5-10H,3-4,11H2,1-2H3,(H,17,19).